The molecule has 0 unspecified atom stereocenters. The number of non-ortho nitro benzene ring substituents is 1. The van der Waals surface area contributed by atoms with Crippen molar-refractivity contribution in [2.75, 3.05) is 5.32 Å². The summed E-state index contributed by atoms with van der Waals surface area (Å²) in [6.45, 7) is 3.82. The summed E-state index contributed by atoms with van der Waals surface area (Å²) in [4.78, 5) is 23.7. The number of nitro groups is 1. The summed E-state index contributed by atoms with van der Waals surface area (Å²) < 4.78 is 11.7. The number of benzene rings is 3. The summed E-state index contributed by atoms with van der Waals surface area (Å²) in [5, 5.41) is 14.2. The monoisotopic (exact) mass is 376 g/mol. The van der Waals surface area contributed by atoms with Gasteiger partial charge in [0.15, 0.2) is 17.2 Å². The zero-order valence-electron chi connectivity index (χ0n) is 15.2. The second-order valence-electron chi connectivity index (χ2n) is 6.55. The van der Waals surface area contributed by atoms with Gasteiger partial charge < -0.3 is 14.8 Å². The first-order chi connectivity index (χ1) is 13.4. The Bertz CT molecular complexity index is 1110. The van der Waals surface area contributed by atoms with Gasteiger partial charge >= 0.3 is 0 Å². The van der Waals surface area contributed by atoms with Crippen LogP contribution in [0, 0.1) is 24.0 Å². The molecule has 1 aliphatic rings. The number of hydrogen-bond donors (Lipinski definition) is 1. The first-order valence-electron chi connectivity index (χ1n) is 8.57. The number of carbonyl (C=O) groups is 1. The fraction of sp³-hybridized carbons (Fsp3) is 0.0952. The highest BCUT2D eigenvalue weighted by Gasteiger charge is 2.28. The highest BCUT2D eigenvalue weighted by Crippen LogP contribution is 2.43. The van der Waals surface area contributed by atoms with Gasteiger partial charge in [-0.15, -0.1) is 0 Å². The Labute approximate surface area is 160 Å². The van der Waals surface area contributed by atoms with Crippen molar-refractivity contribution in [2.24, 2.45) is 0 Å². The second-order valence-corrected chi connectivity index (χ2v) is 6.55. The van der Waals surface area contributed by atoms with Gasteiger partial charge in [-0.3, -0.25) is 14.9 Å². The lowest BCUT2D eigenvalue weighted by atomic mass is 10.1. The number of ether oxygens (including phenoxy) is 2. The van der Waals surface area contributed by atoms with E-state index in [-0.39, 0.29) is 22.7 Å². The molecule has 4 rings (SSSR count). The molecule has 1 aliphatic heterocycles. The maximum atomic E-state index is 12.9. The molecule has 0 spiro atoms. The molecule has 0 atom stereocenters. The van der Waals surface area contributed by atoms with Crippen molar-refractivity contribution in [1.82, 2.24) is 0 Å². The van der Waals surface area contributed by atoms with Crippen LogP contribution in [-0.2, 0) is 0 Å². The van der Waals surface area contributed by atoms with E-state index in [1.807, 2.05) is 32.0 Å². The highest BCUT2D eigenvalue weighted by molar-refractivity contribution is 6.10. The van der Waals surface area contributed by atoms with Crippen LogP contribution in [-0.4, -0.2) is 10.8 Å². The molecule has 28 heavy (non-hydrogen) atoms. The molecule has 0 radical (unpaired) electrons. The third-order valence-electron chi connectivity index (χ3n) is 4.34. The van der Waals surface area contributed by atoms with Crippen LogP contribution < -0.4 is 14.8 Å². The standard InChI is InChI=1S/C21H16N2O5/c1-12-3-6-15(7-4-12)27-18-10-14(23(25)26)11-19-20(18)21(24)22-16-8-5-13(2)9-17(16)28-19/h3-11H,1-2H3,(H,22,24). The Balaban J connectivity index is 1.86. The van der Waals surface area contributed by atoms with Crippen LogP contribution >= 0.6 is 0 Å². The lowest BCUT2D eigenvalue weighted by Crippen LogP contribution is -2.12. The van der Waals surface area contributed by atoms with Gasteiger partial charge in [0.2, 0.25) is 0 Å². The van der Waals surface area contributed by atoms with E-state index < -0.39 is 10.8 Å². The lowest BCUT2D eigenvalue weighted by molar-refractivity contribution is -0.385. The fourth-order valence-corrected chi connectivity index (χ4v) is 2.92. The summed E-state index contributed by atoms with van der Waals surface area (Å²) in [5.74, 6) is 0.524. The number of nitro benzene ring substituents is 1. The first-order valence-corrected chi connectivity index (χ1v) is 8.57. The van der Waals surface area contributed by atoms with Crippen LogP contribution in [0.25, 0.3) is 0 Å². The number of hydrogen-bond acceptors (Lipinski definition) is 5. The number of carbonyl (C=O) groups excluding carboxylic acids is 1. The Morgan fingerprint density at radius 3 is 2.39 bits per heavy atom. The Kier molecular flexibility index (Phi) is 4.19. The molecular weight excluding hydrogens is 360 g/mol. The maximum absolute atomic E-state index is 12.9. The van der Waals surface area contributed by atoms with E-state index in [1.54, 1.807) is 24.3 Å². The molecule has 0 aromatic heterocycles. The van der Waals surface area contributed by atoms with Crippen molar-refractivity contribution >= 4 is 17.3 Å². The molecular formula is C21H16N2O5. The van der Waals surface area contributed by atoms with Gasteiger partial charge in [-0.05, 0) is 43.7 Å². The minimum Gasteiger partial charge on any atom is -0.456 e. The molecule has 0 aliphatic carbocycles. The number of anilines is 1. The zero-order valence-corrected chi connectivity index (χ0v) is 15.2. The zero-order chi connectivity index (χ0) is 19.8. The third-order valence-corrected chi connectivity index (χ3v) is 4.34. The van der Waals surface area contributed by atoms with Gasteiger partial charge in [0.25, 0.3) is 11.6 Å². The molecule has 1 heterocycles. The molecule has 0 bridgehead atoms. The van der Waals surface area contributed by atoms with Crippen molar-refractivity contribution in [1.29, 1.82) is 0 Å². The molecule has 0 fully saturated rings. The molecule has 1 N–H and O–H groups in total. The van der Waals surface area contributed by atoms with Crippen molar-refractivity contribution in [3.8, 4) is 23.0 Å². The van der Waals surface area contributed by atoms with Crippen LogP contribution in [0.4, 0.5) is 11.4 Å². The van der Waals surface area contributed by atoms with Gasteiger partial charge in [-0.2, -0.15) is 0 Å². The van der Waals surface area contributed by atoms with Crippen LogP contribution in [0.2, 0.25) is 0 Å². The Hall–Kier alpha value is -3.87. The molecule has 3 aromatic rings. The number of aryl methyl sites for hydroxylation is 2. The third kappa shape index (κ3) is 3.25. The molecule has 3 aromatic carbocycles. The van der Waals surface area contributed by atoms with Crippen LogP contribution in [0.5, 0.6) is 23.0 Å². The normalized spacial score (nSPS) is 12.1. The number of rotatable bonds is 3. The van der Waals surface area contributed by atoms with E-state index >= 15 is 0 Å². The van der Waals surface area contributed by atoms with E-state index in [4.69, 9.17) is 9.47 Å². The van der Waals surface area contributed by atoms with Crippen molar-refractivity contribution in [3.63, 3.8) is 0 Å². The van der Waals surface area contributed by atoms with E-state index in [1.165, 1.54) is 12.1 Å². The predicted molar refractivity (Wildman–Crippen MR) is 104 cm³/mol. The van der Waals surface area contributed by atoms with Crippen LogP contribution in [0.1, 0.15) is 21.5 Å². The van der Waals surface area contributed by atoms with Crippen LogP contribution in [0.15, 0.2) is 54.6 Å². The second kappa shape index (κ2) is 6.70. The molecule has 140 valence electrons. The average molecular weight is 376 g/mol. The van der Waals surface area contributed by atoms with Gasteiger partial charge in [0.1, 0.15) is 11.3 Å². The van der Waals surface area contributed by atoms with Crippen molar-refractivity contribution < 1.29 is 19.2 Å². The van der Waals surface area contributed by atoms with Gasteiger partial charge in [-0.1, -0.05) is 23.8 Å². The SMILES string of the molecule is Cc1ccc(Oc2cc([N+](=O)[O-])cc3c2C(=O)Nc2ccc(C)cc2O3)cc1. The molecule has 1 amide bonds. The summed E-state index contributed by atoms with van der Waals surface area (Å²) >= 11 is 0. The average Bonchev–Trinajstić information content (AvgIpc) is 2.79. The van der Waals surface area contributed by atoms with Gasteiger partial charge in [0, 0.05) is 0 Å². The molecule has 7 nitrogen and oxygen atoms in total. The van der Waals surface area contributed by atoms with Gasteiger partial charge in [-0.25, -0.2) is 0 Å². The Morgan fingerprint density at radius 1 is 0.964 bits per heavy atom. The topological polar surface area (TPSA) is 90.7 Å². The van der Waals surface area contributed by atoms with E-state index in [2.05, 4.69) is 5.32 Å². The summed E-state index contributed by atoms with van der Waals surface area (Å²) in [6, 6.07) is 14.9. The van der Waals surface area contributed by atoms with E-state index in [0.29, 0.717) is 17.2 Å². The summed E-state index contributed by atoms with van der Waals surface area (Å²) in [6.07, 6.45) is 0. The van der Waals surface area contributed by atoms with E-state index in [9.17, 15) is 14.9 Å². The molecule has 7 heteroatoms. The minimum atomic E-state index is -0.550. The number of fused-ring (bicyclic) bond motifs is 2. The largest absolute Gasteiger partial charge is 0.456 e. The number of nitrogens with zero attached hydrogens (tertiary/aromatic N) is 1. The highest BCUT2D eigenvalue weighted by atomic mass is 16.6. The van der Waals surface area contributed by atoms with Crippen molar-refractivity contribution in [2.45, 2.75) is 13.8 Å². The maximum Gasteiger partial charge on any atom is 0.276 e. The Morgan fingerprint density at radius 2 is 1.68 bits per heavy atom. The summed E-state index contributed by atoms with van der Waals surface area (Å²) in [7, 11) is 0. The van der Waals surface area contributed by atoms with E-state index in [0.717, 1.165) is 11.1 Å². The summed E-state index contributed by atoms with van der Waals surface area (Å²) in [5.41, 5.74) is 2.32. The lowest BCUT2D eigenvalue weighted by Gasteiger charge is -2.12. The molecule has 0 saturated heterocycles. The van der Waals surface area contributed by atoms with Crippen LogP contribution in [0.3, 0.4) is 0 Å². The quantitative estimate of drug-likeness (QED) is 0.491. The van der Waals surface area contributed by atoms with Gasteiger partial charge in [0.05, 0.1) is 22.7 Å². The molecule has 0 saturated carbocycles. The number of amides is 1. The minimum absolute atomic E-state index is 0.0510. The number of nitrogens with one attached hydrogen (secondary N) is 1. The van der Waals surface area contributed by atoms with Crippen molar-refractivity contribution in [3.05, 3.63) is 81.4 Å². The fourth-order valence-electron chi connectivity index (χ4n) is 2.92. The first kappa shape index (κ1) is 17.5. The smallest absolute Gasteiger partial charge is 0.276 e. The predicted octanol–water partition coefficient (Wildman–Crippen LogP) is 5.36.